The highest BCUT2D eigenvalue weighted by Gasteiger charge is 2.11. The van der Waals surface area contributed by atoms with E-state index in [0.29, 0.717) is 5.88 Å². The van der Waals surface area contributed by atoms with Crippen LogP contribution >= 0.6 is 0 Å². The van der Waals surface area contributed by atoms with Crippen molar-refractivity contribution in [2.45, 2.75) is 25.8 Å². The van der Waals surface area contributed by atoms with Gasteiger partial charge in [-0.1, -0.05) is 6.92 Å². The molecular weight excluding hydrogens is 202 g/mol. The van der Waals surface area contributed by atoms with E-state index in [9.17, 15) is 0 Å². The molecule has 0 amide bonds. The van der Waals surface area contributed by atoms with Crippen molar-refractivity contribution in [2.24, 2.45) is 0 Å². The number of rotatable bonds is 6. The number of methoxy groups -OCH3 is 1. The van der Waals surface area contributed by atoms with Crippen molar-refractivity contribution in [3.63, 3.8) is 0 Å². The summed E-state index contributed by atoms with van der Waals surface area (Å²) in [6.45, 7) is 2.93. The highest BCUT2D eigenvalue weighted by Crippen LogP contribution is 2.18. The average molecular weight is 219 g/mol. The Morgan fingerprint density at radius 2 is 2.38 bits per heavy atom. The summed E-state index contributed by atoms with van der Waals surface area (Å²) in [4.78, 5) is 8.22. The summed E-state index contributed by atoms with van der Waals surface area (Å²) < 4.78 is 5.07. The number of nitrogens with zero attached hydrogens (tertiary/aromatic N) is 2. The zero-order valence-electron chi connectivity index (χ0n) is 9.73. The predicted octanol–water partition coefficient (Wildman–Crippen LogP) is 1.55. The highest BCUT2D eigenvalue weighted by atomic mass is 16.5. The minimum atomic E-state index is 0.165. The lowest BCUT2D eigenvalue weighted by Gasteiger charge is -2.16. The molecule has 0 bridgehead atoms. The van der Waals surface area contributed by atoms with Crippen LogP contribution in [0.2, 0.25) is 0 Å². The van der Waals surface area contributed by atoms with Crippen LogP contribution in [-0.2, 0) is 0 Å². The van der Waals surface area contributed by atoms with E-state index in [2.05, 4.69) is 28.1 Å². The Labute approximate surface area is 96.5 Å². The first-order chi connectivity index (χ1) is 7.81. The molecule has 0 radical (unpaired) electrons. The van der Waals surface area contributed by atoms with E-state index in [4.69, 9.17) is 11.2 Å². The molecule has 0 aromatic carbocycles. The molecule has 4 heteroatoms. The smallest absolute Gasteiger partial charge is 0.216 e. The number of hydrogen-bond acceptors (Lipinski definition) is 4. The molecule has 0 aliphatic heterocycles. The molecule has 1 unspecified atom stereocenters. The van der Waals surface area contributed by atoms with E-state index < -0.39 is 0 Å². The second-order valence-corrected chi connectivity index (χ2v) is 3.34. The number of nitrogens with one attached hydrogen (secondary N) is 1. The molecule has 0 fully saturated rings. The van der Waals surface area contributed by atoms with Crippen LogP contribution in [-0.4, -0.2) is 23.6 Å². The van der Waals surface area contributed by atoms with Gasteiger partial charge in [0.15, 0.2) is 0 Å². The summed E-state index contributed by atoms with van der Waals surface area (Å²) in [5, 5.41) is 3.34. The fourth-order valence-electron chi connectivity index (χ4n) is 1.48. The molecule has 0 saturated carbocycles. The van der Waals surface area contributed by atoms with Gasteiger partial charge in [-0.05, 0) is 13.0 Å². The van der Waals surface area contributed by atoms with Crippen molar-refractivity contribution in [1.29, 1.82) is 0 Å². The number of ether oxygens (including phenoxy) is 1. The summed E-state index contributed by atoms with van der Waals surface area (Å²) in [7, 11) is 1.59. The van der Waals surface area contributed by atoms with Crippen molar-refractivity contribution >= 4 is 0 Å². The second-order valence-electron chi connectivity index (χ2n) is 3.34. The third-order valence-corrected chi connectivity index (χ3v) is 2.26. The number of terminal acetylenes is 1. The summed E-state index contributed by atoms with van der Waals surface area (Å²) in [6, 6.07) is 2.00. The lowest BCUT2D eigenvalue weighted by Crippen LogP contribution is -2.21. The van der Waals surface area contributed by atoms with Crippen molar-refractivity contribution in [2.75, 3.05) is 13.7 Å². The van der Waals surface area contributed by atoms with Gasteiger partial charge in [0, 0.05) is 12.5 Å². The Morgan fingerprint density at radius 3 is 3.00 bits per heavy atom. The van der Waals surface area contributed by atoms with Crippen molar-refractivity contribution < 1.29 is 4.74 Å². The second kappa shape index (κ2) is 6.81. The van der Waals surface area contributed by atoms with E-state index >= 15 is 0 Å². The maximum Gasteiger partial charge on any atom is 0.216 e. The van der Waals surface area contributed by atoms with Crippen LogP contribution in [0.15, 0.2) is 12.4 Å². The molecule has 4 nitrogen and oxygen atoms in total. The molecule has 1 aromatic rings. The molecule has 1 rings (SSSR count). The molecule has 86 valence electrons. The molecule has 1 heterocycles. The Bertz CT molecular complexity index is 360. The van der Waals surface area contributed by atoms with E-state index in [-0.39, 0.29) is 6.04 Å². The first-order valence-electron chi connectivity index (χ1n) is 5.34. The van der Waals surface area contributed by atoms with E-state index in [1.54, 1.807) is 7.11 Å². The first-order valence-corrected chi connectivity index (χ1v) is 5.34. The van der Waals surface area contributed by atoms with Crippen LogP contribution in [0.4, 0.5) is 0 Å². The van der Waals surface area contributed by atoms with Gasteiger partial charge < -0.3 is 10.1 Å². The van der Waals surface area contributed by atoms with Crippen LogP contribution in [0.3, 0.4) is 0 Å². The highest BCUT2D eigenvalue weighted by molar-refractivity contribution is 5.16. The molecule has 1 aromatic heterocycles. The topological polar surface area (TPSA) is 47.0 Å². The molecule has 0 aliphatic rings. The molecule has 16 heavy (non-hydrogen) atoms. The van der Waals surface area contributed by atoms with Crippen molar-refractivity contribution in [3.8, 4) is 18.2 Å². The molecule has 0 saturated heterocycles. The molecule has 0 spiro atoms. The largest absolute Gasteiger partial charge is 0.481 e. The van der Waals surface area contributed by atoms with Gasteiger partial charge in [0.05, 0.1) is 18.8 Å². The van der Waals surface area contributed by atoms with Gasteiger partial charge >= 0.3 is 0 Å². The van der Waals surface area contributed by atoms with Gasteiger partial charge in [-0.2, -0.15) is 0 Å². The van der Waals surface area contributed by atoms with Crippen LogP contribution in [0.1, 0.15) is 31.5 Å². The minimum absolute atomic E-state index is 0.165. The number of hydrogen-bond donors (Lipinski definition) is 1. The first kappa shape index (κ1) is 12.5. The fraction of sp³-hybridized carbons (Fsp3) is 0.500. The SMILES string of the molecule is C#CCCC(NCC)c1cc(OC)ncn1. The molecule has 1 N–H and O–H groups in total. The third kappa shape index (κ3) is 3.52. The Balaban J connectivity index is 2.78. The zero-order chi connectivity index (χ0) is 11.8. The van der Waals surface area contributed by atoms with E-state index in [0.717, 1.165) is 25.1 Å². The van der Waals surface area contributed by atoms with Gasteiger partial charge in [0.2, 0.25) is 5.88 Å². The predicted molar refractivity (Wildman–Crippen MR) is 63.1 cm³/mol. The lowest BCUT2D eigenvalue weighted by molar-refractivity contribution is 0.393. The lowest BCUT2D eigenvalue weighted by atomic mass is 10.1. The fourth-order valence-corrected chi connectivity index (χ4v) is 1.48. The van der Waals surface area contributed by atoms with E-state index in [1.807, 2.05) is 6.07 Å². The van der Waals surface area contributed by atoms with Crippen LogP contribution in [0.25, 0.3) is 0 Å². The number of aromatic nitrogens is 2. The molecule has 1 atom stereocenters. The molecular formula is C12H17N3O. The van der Waals surface area contributed by atoms with Crippen LogP contribution in [0.5, 0.6) is 5.88 Å². The van der Waals surface area contributed by atoms with Gasteiger partial charge in [-0.15, -0.1) is 12.3 Å². The average Bonchev–Trinajstić information content (AvgIpc) is 2.34. The summed E-state index contributed by atoms with van der Waals surface area (Å²) in [5.74, 6) is 3.22. The third-order valence-electron chi connectivity index (χ3n) is 2.26. The minimum Gasteiger partial charge on any atom is -0.481 e. The summed E-state index contributed by atoms with van der Waals surface area (Å²) >= 11 is 0. The van der Waals surface area contributed by atoms with Crippen LogP contribution < -0.4 is 10.1 Å². The summed E-state index contributed by atoms with van der Waals surface area (Å²) in [6.07, 6.45) is 8.37. The maximum atomic E-state index is 5.27. The normalized spacial score (nSPS) is 11.8. The summed E-state index contributed by atoms with van der Waals surface area (Å²) in [5.41, 5.74) is 0.920. The van der Waals surface area contributed by atoms with E-state index in [1.165, 1.54) is 6.33 Å². The monoisotopic (exact) mass is 219 g/mol. The van der Waals surface area contributed by atoms with Gasteiger partial charge in [0.1, 0.15) is 6.33 Å². The Morgan fingerprint density at radius 1 is 1.56 bits per heavy atom. The van der Waals surface area contributed by atoms with Gasteiger partial charge in [0.25, 0.3) is 0 Å². The Kier molecular flexibility index (Phi) is 5.30. The van der Waals surface area contributed by atoms with Crippen LogP contribution in [0, 0.1) is 12.3 Å². The maximum absolute atomic E-state index is 5.27. The zero-order valence-corrected chi connectivity index (χ0v) is 9.73. The van der Waals surface area contributed by atoms with Crippen molar-refractivity contribution in [3.05, 3.63) is 18.1 Å². The van der Waals surface area contributed by atoms with Gasteiger partial charge in [-0.25, -0.2) is 9.97 Å². The Hall–Kier alpha value is -1.60. The quantitative estimate of drug-likeness (QED) is 0.737. The van der Waals surface area contributed by atoms with Crippen molar-refractivity contribution in [1.82, 2.24) is 15.3 Å². The standard InChI is InChI=1S/C12H17N3O/c1-4-6-7-10(13-5-2)11-8-12(16-3)15-9-14-11/h1,8-10,13H,5-7H2,2-3H3. The van der Waals surface area contributed by atoms with Gasteiger partial charge in [-0.3, -0.25) is 0 Å². The molecule has 0 aliphatic carbocycles.